The summed E-state index contributed by atoms with van der Waals surface area (Å²) in [7, 11) is 0. The summed E-state index contributed by atoms with van der Waals surface area (Å²) in [5, 5.41) is 9.33. The molecular weight excluding hydrogens is 258 g/mol. The van der Waals surface area contributed by atoms with Gasteiger partial charge in [-0.05, 0) is 25.7 Å². The van der Waals surface area contributed by atoms with Gasteiger partial charge in [-0.2, -0.15) is 0 Å². The van der Waals surface area contributed by atoms with Gasteiger partial charge in [0, 0.05) is 6.42 Å². The molecule has 1 saturated heterocycles. The van der Waals surface area contributed by atoms with E-state index in [1.54, 1.807) is 0 Å². The molecule has 5 nitrogen and oxygen atoms in total. The zero-order valence-corrected chi connectivity index (χ0v) is 12.4. The lowest BCUT2D eigenvalue weighted by molar-refractivity contribution is -0.152. The molecule has 1 aliphatic heterocycles. The number of aliphatic carboxylic acids is 1. The maximum atomic E-state index is 12.7. The van der Waals surface area contributed by atoms with E-state index in [0.29, 0.717) is 12.8 Å². The van der Waals surface area contributed by atoms with Crippen molar-refractivity contribution in [3.05, 3.63) is 0 Å². The van der Waals surface area contributed by atoms with Crippen molar-refractivity contribution in [3.63, 3.8) is 0 Å². The van der Waals surface area contributed by atoms with Crippen LogP contribution < -0.4 is 0 Å². The standard InChI is InChI=1S/C15H23NO4/c1-9(2)15(3)8-12(17)16(14(15)20)11-7-5-4-6-10(11)13(18)19/h9-11H,4-8H2,1-3H3,(H,18,19). The first kappa shape index (κ1) is 15.0. The summed E-state index contributed by atoms with van der Waals surface area (Å²) >= 11 is 0. The topological polar surface area (TPSA) is 74.7 Å². The monoisotopic (exact) mass is 281 g/mol. The van der Waals surface area contributed by atoms with Gasteiger partial charge in [0.1, 0.15) is 0 Å². The van der Waals surface area contributed by atoms with E-state index in [-0.39, 0.29) is 24.2 Å². The number of carbonyl (C=O) groups excluding carboxylic acids is 2. The number of rotatable bonds is 3. The molecule has 0 radical (unpaired) electrons. The molecule has 2 rings (SSSR count). The molecule has 2 amide bonds. The van der Waals surface area contributed by atoms with Crippen LogP contribution in [0.2, 0.25) is 0 Å². The van der Waals surface area contributed by atoms with Crippen molar-refractivity contribution in [1.29, 1.82) is 0 Å². The van der Waals surface area contributed by atoms with Crippen LogP contribution in [0.15, 0.2) is 0 Å². The van der Waals surface area contributed by atoms with Gasteiger partial charge in [-0.1, -0.05) is 26.7 Å². The summed E-state index contributed by atoms with van der Waals surface area (Å²) in [6.45, 7) is 5.69. The third kappa shape index (κ3) is 2.23. The van der Waals surface area contributed by atoms with Crippen LogP contribution in [-0.4, -0.2) is 33.8 Å². The molecule has 112 valence electrons. The second-order valence-electron chi connectivity index (χ2n) is 6.61. The van der Waals surface area contributed by atoms with Gasteiger partial charge in [-0.15, -0.1) is 0 Å². The first-order chi connectivity index (χ1) is 9.29. The number of carboxylic acid groups (broad SMARTS) is 1. The number of carboxylic acids is 1. The van der Waals surface area contributed by atoms with Gasteiger partial charge in [-0.25, -0.2) is 0 Å². The van der Waals surface area contributed by atoms with Crippen molar-refractivity contribution in [2.45, 2.75) is 58.9 Å². The predicted molar refractivity (Wildman–Crippen MR) is 72.8 cm³/mol. The molecule has 1 saturated carbocycles. The maximum Gasteiger partial charge on any atom is 0.308 e. The Morgan fingerprint density at radius 2 is 1.90 bits per heavy atom. The largest absolute Gasteiger partial charge is 0.481 e. The third-order valence-corrected chi connectivity index (χ3v) is 5.15. The normalized spacial score (nSPS) is 34.9. The summed E-state index contributed by atoms with van der Waals surface area (Å²) in [6, 6.07) is -0.457. The molecule has 3 unspecified atom stereocenters. The first-order valence-corrected chi connectivity index (χ1v) is 7.38. The third-order valence-electron chi connectivity index (χ3n) is 5.15. The number of likely N-dealkylation sites (tertiary alicyclic amines) is 1. The average molecular weight is 281 g/mol. The van der Waals surface area contributed by atoms with Gasteiger partial charge in [0.2, 0.25) is 11.8 Å². The predicted octanol–water partition coefficient (Wildman–Crippen LogP) is 2.05. The lowest BCUT2D eigenvalue weighted by atomic mass is 9.77. The Balaban J connectivity index is 2.29. The molecule has 0 aromatic heterocycles. The van der Waals surface area contributed by atoms with Crippen LogP contribution in [0.25, 0.3) is 0 Å². The highest BCUT2D eigenvalue weighted by Crippen LogP contribution is 2.42. The maximum absolute atomic E-state index is 12.7. The van der Waals surface area contributed by atoms with Crippen LogP contribution in [0, 0.1) is 17.3 Å². The zero-order valence-electron chi connectivity index (χ0n) is 12.4. The fraction of sp³-hybridized carbons (Fsp3) is 0.800. The van der Waals surface area contributed by atoms with Crippen molar-refractivity contribution >= 4 is 17.8 Å². The second kappa shape index (κ2) is 5.19. The van der Waals surface area contributed by atoms with Gasteiger partial charge >= 0.3 is 5.97 Å². The highest BCUT2D eigenvalue weighted by Gasteiger charge is 2.54. The SMILES string of the molecule is CC(C)C1(C)CC(=O)N(C2CCCCC2C(=O)O)C1=O. The molecule has 3 atom stereocenters. The molecule has 2 fully saturated rings. The fourth-order valence-electron chi connectivity index (χ4n) is 3.36. The lowest BCUT2D eigenvalue weighted by Gasteiger charge is -2.36. The van der Waals surface area contributed by atoms with E-state index in [9.17, 15) is 19.5 Å². The Morgan fingerprint density at radius 1 is 1.30 bits per heavy atom. The average Bonchev–Trinajstić information content (AvgIpc) is 2.61. The Morgan fingerprint density at radius 3 is 2.40 bits per heavy atom. The smallest absolute Gasteiger partial charge is 0.308 e. The van der Waals surface area contributed by atoms with Gasteiger partial charge < -0.3 is 5.11 Å². The highest BCUT2D eigenvalue weighted by atomic mass is 16.4. The minimum Gasteiger partial charge on any atom is -0.481 e. The van der Waals surface area contributed by atoms with Crippen molar-refractivity contribution in [3.8, 4) is 0 Å². The number of carbonyl (C=O) groups is 3. The van der Waals surface area contributed by atoms with E-state index in [1.807, 2.05) is 20.8 Å². The number of hydrogen-bond acceptors (Lipinski definition) is 3. The summed E-state index contributed by atoms with van der Waals surface area (Å²) in [4.78, 5) is 37.6. The van der Waals surface area contributed by atoms with Crippen molar-refractivity contribution in [1.82, 2.24) is 4.90 Å². The molecule has 5 heteroatoms. The summed E-state index contributed by atoms with van der Waals surface area (Å²) < 4.78 is 0. The molecule has 2 aliphatic rings. The van der Waals surface area contributed by atoms with Crippen LogP contribution in [0.3, 0.4) is 0 Å². The number of nitrogens with zero attached hydrogens (tertiary/aromatic N) is 1. The van der Waals surface area contributed by atoms with Crippen molar-refractivity contribution < 1.29 is 19.5 Å². The van der Waals surface area contributed by atoms with Crippen molar-refractivity contribution in [2.75, 3.05) is 0 Å². The lowest BCUT2D eigenvalue weighted by Crippen LogP contribution is -2.49. The van der Waals surface area contributed by atoms with Crippen LogP contribution in [0.4, 0.5) is 0 Å². The van der Waals surface area contributed by atoms with Gasteiger partial charge in [0.05, 0.1) is 17.4 Å². The number of imide groups is 1. The van der Waals surface area contributed by atoms with E-state index < -0.39 is 23.3 Å². The molecule has 1 N–H and O–H groups in total. The quantitative estimate of drug-likeness (QED) is 0.803. The van der Waals surface area contributed by atoms with Gasteiger partial charge in [0.25, 0.3) is 0 Å². The Kier molecular flexibility index (Phi) is 3.89. The van der Waals surface area contributed by atoms with Crippen LogP contribution >= 0.6 is 0 Å². The summed E-state index contributed by atoms with van der Waals surface area (Å²) in [5.41, 5.74) is -0.683. The van der Waals surface area contributed by atoms with Crippen LogP contribution in [0.5, 0.6) is 0 Å². The molecular formula is C15H23NO4. The van der Waals surface area contributed by atoms with Gasteiger partial charge in [0.15, 0.2) is 0 Å². The van der Waals surface area contributed by atoms with E-state index in [4.69, 9.17) is 0 Å². The zero-order chi connectivity index (χ0) is 15.1. The van der Waals surface area contributed by atoms with E-state index in [2.05, 4.69) is 0 Å². The molecule has 0 aromatic carbocycles. The minimum atomic E-state index is -0.895. The number of amides is 2. The summed E-state index contributed by atoms with van der Waals surface area (Å²) in [5.74, 6) is -1.82. The molecule has 20 heavy (non-hydrogen) atoms. The van der Waals surface area contributed by atoms with E-state index in [1.165, 1.54) is 4.90 Å². The van der Waals surface area contributed by atoms with E-state index >= 15 is 0 Å². The summed E-state index contributed by atoms with van der Waals surface area (Å²) in [6.07, 6.45) is 3.10. The van der Waals surface area contributed by atoms with Crippen molar-refractivity contribution in [2.24, 2.45) is 17.3 Å². The molecule has 0 aromatic rings. The van der Waals surface area contributed by atoms with Crippen LogP contribution in [0.1, 0.15) is 52.9 Å². The highest BCUT2D eigenvalue weighted by molar-refractivity contribution is 6.06. The fourth-order valence-corrected chi connectivity index (χ4v) is 3.36. The molecule has 0 spiro atoms. The first-order valence-electron chi connectivity index (χ1n) is 7.38. The molecule has 1 heterocycles. The minimum absolute atomic E-state index is 0.0656. The van der Waals surface area contributed by atoms with Crippen LogP contribution in [-0.2, 0) is 14.4 Å². The second-order valence-corrected chi connectivity index (χ2v) is 6.61. The van der Waals surface area contributed by atoms with E-state index in [0.717, 1.165) is 12.8 Å². The Labute approximate surface area is 119 Å². The molecule has 0 bridgehead atoms. The Hall–Kier alpha value is -1.39. The Bertz CT molecular complexity index is 445. The van der Waals surface area contributed by atoms with Gasteiger partial charge in [-0.3, -0.25) is 19.3 Å². The number of hydrogen-bond donors (Lipinski definition) is 1. The molecule has 1 aliphatic carbocycles.